The third-order valence-corrected chi connectivity index (χ3v) is 7.94. The highest BCUT2D eigenvalue weighted by atomic mass is 16.1. The molecular formula is C19H28O2. The smallest absolute Gasteiger partial charge is 0.137 e. The Kier molecular flexibility index (Phi) is 2.94. The number of carbonyl (C=O) groups is 2. The van der Waals surface area contributed by atoms with E-state index in [4.69, 9.17) is 0 Å². The Hall–Kier alpha value is -0.660. The van der Waals surface area contributed by atoms with Crippen LogP contribution < -0.4 is 0 Å². The Balaban J connectivity index is 1.70. The van der Waals surface area contributed by atoms with E-state index < -0.39 is 0 Å². The molecule has 0 aromatic rings. The van der Waals surface area contributed by atoms with Crippen LogP contribution in [-0.2, 0) is 9.59 Å². The molecule has 0 unspecified atom stereocenters. The molecule has 0 N–H and O–H groups in total. The molecule has 21 heavy (non-hydrogen) atoms. The van der Waals surface area contributed by atoms with Crippen LogP contribution in [0.25, 0.3) is 0 Å². The predicted molar refractivity (Wildman–Crippen MR) is 81.7 cm³/mol. The maximum absolute atomic E-state index is 13.0. The third-order valence-electron chi connectivity index (χ3n) is 7.94. The fraction of sp³-hybridized carbons (Fsp3) is 0.895. The molecule has 6 atom stereocenters. The summed E-state index contributed by atoms with van der Waals surface area (Å²) in [6.45, 7) is 4.72. The topological polar surface area (TPSA) is 34.1 Å². The fourth-order valence-electron chi connectivity index (χ4n) is 6.87. The third kappa shape index (κ3) is 1.83. The first-order valence-electron chi connectivity index (χ1n) is 8.98. The van der Waals surface area contributed by atoms with Crippen LogP contribution >= 0.6 is 0 Å². The van der Waals surface area contributed by atoms with Crippen LogP contribution in [0, 0.1) is 34.5 Å². The summed E-state index contributed by atoms with van der Waals surface area (Å²) in [7, 11) is 0. The van der Waals surface area contributed by atoms with Crippen molar-refractivity contribution < 1.29 is 9.59 Å². The highest BCUT2D eigenvalue weighted by Crippen LogP contribution is 2.64. The average molecular weight is 288 g/mol. The van der Waals surface area contributed by atoms with Gasteiger partial charge in [0.05, 0.1) is 0 Å². The van der Waals surface area contributed by atoms with Crippen molar-refractivity contribution in [3.8, 4) is 0 Å². The van der Waals surface area contributed by atoms with Gasteiger partial charge in [-0.2, -0.15) is 0 Å². The molecule has 0 saturated heterocycles. The SMILES string of the molecule is C[C@@]12CCC[C@@H]1[C@H]1CC[C@@H]3CC(=O)CC[C@]3(C)[C@@H]1C(=O)C2. The lowest BCUT2D eigenvalue weighted by Crippen LogP contribution is -2.56. The van der Waals surface area contributed by atoms with E-state index >= 15 is 0 Å². The molecule has 4 saturated carbocycles. The summed E-state index contributed by atoms with van der Waals surface area (Å²) in [6.07, 6.45) is 9.53. The van der Waals surface area contributed by atoms with E-state index in [-0.39, 0.29) is 11.3 Å². The van der Waals surface area contributed by atoms with Crippen molar-refractivity contribution in [3.05, 3.63) is 0 Å². The molecule has 0 aliphatic heterocycles. The normalized spacial score (nSPS) is 53.0. The molecule has 0 radical (unpaired) electrons. The van der Waals surface area contributed by atoms with E-state index in [0.29, 0.717) is 35.2 Å². The van der Waals surface area contributed by atoms with Gasteiger partial charge < -0.3 is 0 Å². The summed E-state index contributed by atoms with van der Waals surface area (Å²) in [5.74, 6) is 3.12. The van der Waals surface area contributed by atoms with E-state index in [1.165, 1.54) is 32.1 Å². The van der Waals surface area contributed by atoms with Gasteiger partial charge in [0.2, 0.25) is 0 Å². The minimum atomic E-state index is 0.123. The van der Waals surface area contributed by atoms with Gasteiger partial charge in [0.15, 0.2) is 0 Å². The largest absolute Gasteiger partial charge is 0.300 e. The van der Waals surface area contributed by atoms with Crippen LogP contribution in [0.3, 0.4) is 0 Å². The molecule has 0 spiro atoms. The first kappa shape index (κ1) is 14.0. The molecule has 4 aliphatic rings. The Morgan fingerprint density at radius 1 is 1.05 bits per heavy atom. The molecule has 0 aromatic heterocycles. The molecular weight excluding hydrogens is 260 g/mol. The number of rotatable bonds is 0. The van der Waals surface area contributed by atoms with Gasteiger partial charge >= 0.3 is 0 Å². The van der Waals surface area contributed by atoms with E-state index in [2.05, 4.69) is 13.8 Å². The fourth-order valence-corrected chi connectivity index (χ4v) is 6.87. The number of Topliss-reactive ketones (excluding diaryl/α,β-unsaturated/α-hetero) is 2. The molecule has 2 nitrogen and oxygen atoms in total. The summed E-state index contributed by atoms with van der Waals surface area (Å²) < 4.78 is 0. The van der Waals surface area contributed by atoms with Gasteiger partial charge in [0.1, 0.15) is 11.6 Å². The monoisotopic (exact) mass is 288 g/mol. The Labute approximate surface area is 128 Å². The predicted octanol–water partition coefficient (Wildman–Crippen LogP) is 4.17. The molecule has 116 valence electrons. The van der Waals surface area contributed by atoms with Crippen molar-refractivity contribution in [2.75, 3.05) is 0 Å². The molecule has 0 bridgehead atoms. The van der Waals surface area contributed by atoms with Gasteiger partial charge in [-0.25, -0.2) is 0 Å². The van der Waals surface area contributed by atoms with Gasteiger partial charge in [0, 0.05) is 25.2 Å². The van der Waals surface area contributed by atoms with Gasteiger partial charge in [-0.05, 0) is 60.7 Å². The minimum Gasteiger partial charge on any atom is -0.300 e. The standard InChI is InChI=1S/C19H28O2/c1-18-8-3-4-15(18)14-6-5-12-10-13(20)7-9-19(12,2)17(14)16(21)11-18/h12,14-15,17H,3-11H2,1-2H3/t12-,14-,15-,17+,18+,19+/m1/s1. The van der Waals surface area contributed by atoms with Crippen LogP contribution in [0.5, 0.6) is 0 Å². The second kappa shape index (κ2) is 4.43. The number of fused-ring (bicyclic) bond motifs is 5. The minimum absolute atomic E-state index is 0.123. The zero-order chi connectivity index (χ0) is 14.8. The molecule has 4 fully saturated rings. The lowest BCUT2D eigenvalue weighted by Gasteiger charge is -2.58. The van der Waals surface area contributed by atoms with Gasteiger partial charge in [-0.1, -0.05) is 20.3 Å². The maximum atomic E-state index is 13.0. The zero-order valence-corrected chi connectivity index (χ0v) is 13.5. The Bertz CT molecular complexity index is 496. The first-order chi connectivity index (χ1) is 9.94. The summed E-state index contributed by atoms with van der Waals surface area (Å²) in [5.41, 5.74) is 0.420. The van der Waals surface area contributed by atoms with Crippen molar-refractivity contribution in [3.63, 3.8) is 0 Å². The quantitative estimate of drug-likeness (QED) is 0.670. The van der Waals surface area contributed by atoms with Crippen LogP contribution in [0.2, 0.25) is 0 Å². The van der Waals surface area contributed by atoms with E-state index in [1.807, 2.05) is 0 Å². The average Bonchev–Trinajstić information content (AvgIpc) is 2.80. The van der Waals surface area contributed by atoms with Gasteiger partial charge in [0.25, 0.3) is 0 Å². The number of ketones is 2. The Morgan fingerprint density at radius 2 is 1.86 bits per heavy atom. The van der Waals surface area contributed by atoms with Crippen molar-refractivity contribution in [2.24, 2.45) is 34.5 Å². The highest BCUT2D eigenvalue weighted by Gasteiger charge is 2.60. The second-order valence-electron chi connectivity index (χ2n) is 8.96. The lowest BCUT2D eigenvalue weighted by molar-refractivity contribution is -0.158. The van der Waals surface area contributed by atoms with Crippen molar-refractivity contribution in [1.29, 1.82) is 0 Å². The Morgan fingerprint density at radius 3 is 2.67 bits per heavy atom. The maximum Gasteiger partial charge on any atom is 0.137 e. The number of carbonyl (C=O) groups excluding carboxylic acids is 2. The van der Waals surface area contributed by atoms with Crippen molar-refractivity contribution >= 4 is 11.6 Å². The van der Waals surface area contributed by atoms with E-state index in [9.17, 15) is 9.59 Å². The second-order valence-corrected chi connectivity index (χ2v) is 8.96. The summed E-state index contributed by atoms with van der Waals surface area (Å²) in [5, 5.41) is 0. The highest BCUT2D eigenvalue weighted by molar-refractivity contribution is 5.85. The van der Waals surface area contributed by atoms with Crippen molar-refractivity contribution in [1.82, 2.24) is 0 Å². The lowest BCUT2D eigenvalue weighted by atomic mass is 9.45. The molecule has 0 heterocycles. The number of hydrogen-bond donors (Lipinski definition) is 0. The molecule has 4 rings (SSSR count). The summed E-state index contributed by atoms with van der Waals surface area (Å²) >= 11 is 0. The van der Waals surface area contributed by atoms with E-state index in [0.717, 1.165) is 25.2 Å². The summed E-state index contributed by atoms with van der Waals surface area (Å²) in [6, 6.07) is 0. The molecule has 2 heteroatoms. The zero-order valence-electron chi connectivity index (χ0n) is 13.5. The van der Waals surface area contributed by atoms with Crippen LogP contribution in [0.4, 0.5) is 0 Å². The first-order valence-corrected chi connectivity index (χ1v) is 8.98. The van der Waals surface area contributed by atoms with Crippen LogP contribution in [-0.4, -0.2) is 11.6 Å². The van der Waals surface area contributed by atoms with Gasteiger partial charge in [-0.15, -0.1) is 0 Å². The number of hydrogen-bond acceptors (Lipinski definition) is 2. The molecule has 0 amide bonds. The van der Waals surface area contributed by atoms with Crippen LogP contribution in [0.1, 0.15) is 71.6 Å². The molecule has 0 aromatic carbocycles. The van der Waals surface area contributed by atoms with E-state index in [1.54, 1.807) is 0 Å². The van der Waals surface area contributed by atoms with Crippen LogP contribution in [0.15, 0.2) is 0 Å². The van der Waals surface area contributed by atoms with Crippen molar-refractivity contribution in [2.45, 2.75) is 71.6 Å². The van der Waals surface area contributed by atoms with Gasteiger partial charge in [-0.3, -0.25) is 9.59 Å². The summed E-state index contributed by atoms with van der Waals surface area (Å²) in [4.78, 5) is 24.9. The molecule has 4 aliphatic carbocycles.